The monoisotopic (exact) mass is 349 g/mol. The number of rotatable bonds is 1. The highest BCUT2D eigenvalue weighted by atomic mass is 35.5. The van der Waals surface area contributed by atoms with Crippen LogP contribution in [0.2, 0.25) is 4.34 Å². The Labute approximate surface area is 143 Å². The van der Waals surface area contributed by atoms with Gasteiger partial charge in [-0.3, -0.25) is 4.79 Å². The van der Waals surface area contributed by atoms with Crippen LogP contribution in [0.3, 0.4) is 0 Å². The van der Waals surface area contributed by atoms with Crippen LogP contribution in [-0.2, 0) is 0 Å². The van der Waals surface area contributed by atoms with Crippen molar-refractivity contribution < 1.29 is 9.53 Å². The van der Waals surface area contributed by atoms with Crippen molar-refractivity contribution in [2.24, 2.45) is 0 Å². The highest BCUT2D eigenvalue weighted by Gasteiger charge is 2.40. The fourth-order valence-corrected chi connectivity index (χ4v) is 4.08. The molecule has 1 amide bonds. The van der Waals surface area contributed by atoms with Crippen LogP contribution < -0.4 is 15.0 Å². The van der Waals surface area contributed by atoms with Gasteiger partial charge < -0.3 is 15.0 Å². The molecule has 120 valence electrons. The van der Waals surface area contributed by atoms with Gasteiger partial charge >= 0.3 is 0 Å². The first-order valence-electron chi connectivity index (χ1n) is 7.58. The van der Waals surface area contributed by atoms with Crippen molar-refractivity contribution in [3.8, 4) is 5.75 Å². The molecule has 2 aliphatic rings. The first-order chi connectivity index (χ1) is 11.2. The molecule has 3 heterocycles. The predicted octanol–water partition coefficient (Wildman–Crippen LogP) is 2.96. The molecule has 1 spiro atoms. The number of carbonyl (C=O) groups is 1. The fourth-order valence-electron chi connectivity index (χ4n) is 3.13. The van der Waals surface area contributed by atoms with E-state index >= 15 is 0 Å². The van der Waals surface area contributed by atoms with E-state index in [1.165, 1.54) is 11.3 Å². The molecule has 5 nitrogen and oxygen atoms in total. The Morgan fingerprint density at radius 1 is 1.30 bits per heavy atom. The number of halogens is 1. The second-order valence-corrected chi connectivity index (χ2v) is 7.54. The number of nitrogens with zero attached hydrogens (tertiary/aromatic N) is 2. The Morgan fingerprint density at radius 3 is 2.83 bits per heavy atom. The number of aromatic nitrogens is 1. The Kier molecular flexibility index (Phi) is 3.66. The number of carbonyl (C=O) groups excluding carboxylic acids is 1. The quantitative estimate of drug-likeness (QED) is 0.860. The number of para-hydroxylation sites is 1. The number of nitrogens with one attached hydrogen (secondary N) is 1. The van der Waals surface area contributed by atoms with Crippen LogP contribution in [0.1, 0.15) is 23.2 Å². The van der Waals surface area contributed by atoms with Gasteiger partial charge in [0.05, 0.1) is 18.3 Å². The van der Waals surface area contributed by atoms with Crippen molar-refractivity contribution >= 4 is 34.0 Å². The molecule has 1 saturated heterocycles. The van der Waals surface area contributed by atoms with Crippen LogP contribution in [0.15, 0.2) is 30.5 Å². The summed E-state index contributed by atoms with van der Waals surface area (Å²) < 4.78 is 6.99. The van der Waals surface area contributed by atoms with Crippen molar-refractivity contribution in [1.82, 2.24) is 10.3 Å². The van der Waals surface area contributed by atoms with Gasteiger partial charge in [0.2, 0.25) is 0 Å². The maximum absolute atomic E-state index is 12.2. The summed E-state index contributed by atoms with van der Waals surface area (Å²) in [4.78, 5) is 18.8. The molecule has 0 aliphatic carbocycles. The molecule has 7 heteroatoms. The summed E-state index contributed by atoms with van der Waals surface area (Å²) in [6.45, 7) is 2.21. The van der Waals surface area contributed by atoms with Crippen LogP contribution in [0.5, 0.6) is 5.75 Å². The lowest BCUT2D eigenvalue weighted by Crippen LogP contribution is -2.53. The largest absolute Gasteiger partial charge is 0.484 e. The van der Waals surface area contributed by atoms with Crippen molar-refractivity contribution in [1.29, 1.82) is 0 Å². The standard InChI is InChI=1S/C16H16ClN3O2S/c17-13-9-18-15(23-13)20-7-5-16(6-8-20)10-19-14(21)11-3-1-2-4-12(11)22-16/h1-4,9H,5-8,10H2,(H,19,21). The fraction of sp³-hybridized carbons (Fsp3) is 0.375. The molecule has 1 fully saturated rings. The molecular weight excluding hydrogens is 334 g/mol. The van der Waals surface area contributed by atoms with E-state index in [1.807, 2.05) is 18.2 Å². The number of fused-ring (bicyclic) bond motifs is 1. The lowest BCUT2D eigenvalue weighted by Gasteiger charge is -2.41. The summed E-state index contributed by atoms with van der Waals surface area (Å²) in [5, 5.41) is 3.95. The molecule has 23 heavy (non-hydrogen) atoms. The summed E-state index contributed by atoms with van der Waals surface area (Å²) in [5.41, 5.74) is 0.262. The van der Waals surface area contributed by atoms with Gasteiger partial charge in [-0.15, -0.1) is 0 Å². The van der Waals surface area contributed by atoms with Crippen molar-refractivity contribution in [3.63, 3.8) is 0 Å². The first-order valence-corrected chi connectivity index (χ1v) is 8.77. The average Bonchev–Trinajstić information content (AvgIpc) is 2.95. The van der Waals surface area contributed by atoms with E-state index in [4.69, 9.17) is 16.3 Å². The molecule has 0 saturated carbocycles. The number of ether oxygens (including phenoxy) is 1. The zero-order valence-electron chi connectivity index (χ0n) is 12.4. The van der Waals surface area contributed by atoms with Gasteiger partial charge in [-0.1, -0.05) is 35.1 Å². The van der Waals surface area contributed by atoms with E-state index < -0.39 is 0 Å². The summed E-state index contributed by atoms with van der Waals surface area (Å²) in [7, 11) is 0. The van der Waals surface area contributed by atoms with Gasteiger partial charge in [0.15, 0.2) is 5.13 Å². The number of hydrogen-bond acceptors (Lipinski definition) is 5. The van der Waals surface area contributed by atoms with Gasteiger partial charge in [-0.25, -0.2) is 4.98 Å². The SMILES string of the molecule is O=C1NCC2(CCN(c3ncc(Cl)s3)CC2)Oc2ccccc21. The van der Waals surface area contributed by atoms with Crippen LogP contribution >= 0.6 is 22.9 Å². The summed E-state index contributed by atoms with van der Waals surface area (Å²) >= 11 is 7.46. The zero-order valence-corrected chi connectivity index (χ0v) is 14.0. The minimum absolute atomic E-state index is 0.0633. The third kappa shape index (κ3) is 2.77. The van der Waals surface area contributed by atoms with E-state index in [9.17, 15) is 4.79 Å². The Morgan fingerprint density at radius 2 is 2.09 bits per heavy atom. The van der Waals surface area contributed by atoms with Crippen LogP contribution in [0.25, 0.3) is 0 Å². The number of benzene rings is 1. The van der Waals surface area contributed by atoms with E-state index in [0.29, 0.717) is 22.2 Å². The molecule has 0 atom stereocenters. The molecule has 1 aromatic heterocycles. The van der Waals surface area contributed by atoms with Crippen LogP contribution in [0.4, 0.5) is 5.13 Å². The first kappa shape index (κ1) is 14.8. The van der Waals surface area contributed by atoms with Gasteiger partial charge in [0, 0.05) is 25.9 Å². The van der Waals surface area contributed by atoms with Crippen molar-refractivity contribution in [2.75, 3.05) is 24.5 Å². The lowest BCUT2D eigenvalue weighted by atomic mass is 9.91. The minimum Gasteiger partial charge on any atom is -0.484 e. The molecule has 2 aliphatic heterocycles. The minimum atomic E-state index is -0.347. The number of thiazole rings is 1. The molecule has 1 aromatic carbocycles. The molecule has 0 radical (unpaired) electrons. The van der Waals surface area contributed by atoms with Gasteiger partial charge in [-0.2, -0.15) is 0 Å². The molecule has 4 rings (SSSR count). The van der Waals surface area contributed by atoms with E-state index in [1.54, 1.807) is 12.3 Å². The topological polar surface area (TPSA) is 54.5 Å². The number of amides is 1. The second kappa shape index (κ2) is 5.69. The Bertz CT molecular complexity index is 740. The summed E-state index contributed by atoms with van der Waals surface area (Å²) in [6.07, 6.45) is 3.35. The Hall–Kier alpha value is -1.79. The maximum Gasteiger partial charge on any atom is 0.255 e. The second-order valence-electron chi connectivity index (χ2n) is 5.90. The van der Waals surface area contributed by atoms with E-state index in [0.717, 1.165) is 31.1 Å². The van der Waals surface area contributed by atoms with Crippen LogP contribution in [-0.4, -0.2) is 36.1 Å². The van der Waals surface area contributed by atoms with Gasteiger partial charge in [0.1, 0.15) is 15.7 Å². The molecular formula is C16H16ClN3O2S. The lowest BCUT2D eigenvalue weighted by molar-refractivity contribution is 0.0473. The maximum atomic E-state index is 12.2. The normalized spacial score (nSPS) is 19.7. The summed E-state index contributed by atoms with van der Waals surface area (Å²) in [5.74, 6) is 0.611. The summed E-state index contributed by atoms with van der Waals surface area (Å²) in [6, 6.07) is 7.43. The Balaban J connectivity index is 1.53. The highest BCUT2D eigenvalue weighted by Crippen LogP contribution is 2.35. The van der Waals surface area contributed by atoms with Gasteiger partial charge in [-0.05, 0) is 12.1 Å². The van der Waals surface area contributed by atoms with Gasteiger partial charge in [0.25, 0.3) is 5.91 Å². The number of anilines is 1. The van der Waals surface area contributed by atoms with E-state index in [-0.39, 0.29) is 11.5 Å². The van der Waals surface area contributed by atoms with Crippen LogP contribution in [0, 0.1) is 0 Å². The number of piperidine rings is 1. The number of hydrogen-bond donors (Lipinski definition) is 1. The highest BCUT2D eigenvalue weighted by molar-refractivity contribution is 7.19. The van der Waals surface area contributed by atoms with E-state index in [2.05, 4.69) is 15.2 Å². The zero-order chi connectivity index (χ0) is 15.9. The smallest absolute Gasteiger partial charge is 0.255 e. The predicted molar refractivity (Wildman–Crippen MR) is 90.7 cm³/mol. The molecule has 2 aromatic rings. The average molecular weight is 350 g/mol. The van der Waals surface area contributed by atoms with Crippen molar-refractivity contribution in [2.45, 2.75) is 18.4 Å². The molecule has 0 bridgehead atoms. The molecule has 1 N–H and O–H groups in total. The van der Waals surface area contributed by atoms with Crippen molar-refractivity contribution in [3.05, 3.63) is 40.4 Å². The third-order valence-corrected chi connectivity index (χ3v) is 5.62. The molecule has 0 unspecified atom stereocenters. The third-order valence-electron chi connectivity index (χ3n) is 4.44.